The average Bonchev–Trinajstić information content (AvgIpc) is 2.74. The molecular formula is C24H24F6O4. The topological polar surface area (TPSA) is 36.9 Å². The van der Waals surface area contributed by atoms with Gasteiger partial charge in [0.15, 0.2) is 47.8 Å². The quantitative estimate of drug-likeness (QED) is 0.421. The van der Waals surface area contributed by atoms with Crippen LogP contribution in [-0.2, 0) is 0 Å². The van der Waals surface area contributed by atoms with Crippen LogP contribution in [0, 0.1) is 17.6 Å². The molecule has 0 amide bonds. The standard InChI is InChI=1S/C24H24F6O4/c1-5-12-17-15(32-9-23(12,27)28)7-6-13(25)21(17)34-16-8-14(26)20(31-4)18-19(11(2)3)24(29,30)10-33-22(16)18/h6-8,11-12,19H,5,9-10H2,1-4H3. The van der Waals surface area contributed by atoms with E-state index in [2.05, 4.69) is 0 Å². The lowest BCUT2D eigenvalue weighted by atomic mass is 9.80. The van der Waals surface area contributed by atoms with Crippen molar-refractivity contribution in [1.29, 1.82) is 0 Å². The first-order valence-corrected chi connectivity index (χ1v) is 10.8. The van der Waals surface area contributed by atoms with Crippen molar-refractivity contribution in [3.63, 3.8) is 0 Å². The molecule has 10 heteroatoms. The molecule has 0 spiro atoms. The molecule has 0 saturated carbocycles. The highest BCUT2D eigenvalue weighted by molar-refractivity contribution is 5.61. The van der Waals surface area contributed by atoms with Gasteiger partial charge < -0.3 is 18.9 Å². The third-order valence-corrected chi connectivity index (χ3v) is 6.24. The van der Waals surface area contributed by atoms with Crippen LogP contribution in [0.15, 0.2) is 18.2 Å². The Hall–Kier alpha value is -2.78. The van der Waals surface area contributed by atoms with E-state index in [0.717, 1.165) is 19.2 Å². The van der Waals surface area contributed by atoms with E-state index in [9.17, 15) is 26.3 Å². The van der Waals surface area contributed by atoms with Crippen molar-refractivity contribution in [2.45, 2.75) is 50.9 Å². The van der Waals surface area contributed by atoms with Crippen molar-refractivity contribution < 1.29 is 45.3 Å². The summed E-state index contributed by atoms with van der Waals surface area (Å²) in [7, 11) is 1.13. The van der Waals surface area contributed by atoms with Crippen molar-refractivity contribution in [1.82, 2.24) is 0 Å². The molecule has 0 radical (unpaired) electrons. The molecule has 186 valence electrons. The summed E-state index contributed by atoms with van der Waals surface area (Å²) in [5, 5.41) is 0. The molecule has 34 heavy (non-hydrogen) atoms. The molecular weight excluding hydrogens is 466 g/mol. The maximum absolute atomic E-state index is 15.0. The minimum atomic E-state index is -3.35. The van der Waals surface area contributed by atoms with Crippen molar-refractivity contribution in [3.05, 3.63) is 41.0 Å². The number of fused-ring (bicyclic) bond motifs is 2. The molecule has 0 fully saturated rings. The molecule has 2 unspecified atom stereocenters. The number of hydrogen-bond donors (Lipinski definition) is 0. The molecule has 0 N–H and O–H groups in total. The number of ether oxygens (including phenoxy) is 4. The highest BCUT2D eigenvalue weighted by atomic mass is 19.3. The fourth-order valence-electron chi connectivity index (χ4n) is 4.83. The van der Waals surface area contributed by atoms with Crippen molar-refractivity contribution in [2.75, 3.05) is 20.3 Å². The van der Waals surface area contributed by atoms with Crippen molar-refractivity contribution in [2.24, 2.45) is 5.92 Å². The molecule has 2 aliphatic heterocycles. The number of methoxy groups -OCH3 is 1. The van der Waals surface area contributed by atoms with E-state index in [4.69, 9.17) is 18.9 Å². The number of rotatable bonds is 5. The molecule has 2 aromatic carbocycles. The van der Waals surface area contributed by atoms with Crippen LogP contribution < -0.4 is 18.9 Å². The third kappa shape index (κ3) is 3.80. The first-order valence-electron chi connectivity index (χ1n) is 10.8. The van der Waals surface area contributed by atoms with E-state index in [1.807, 2.05) is 0 Å². The van der Waals surface area contributed by atoms with Gasteiger partial charge in [0.1, 0.15) is 5.75 Å². The Bertz CT molecular complexity index is 1100. The fraction of sp³-hybridized carbons (Fsp3) is 0.500. The summed E-state index contributed by atoms with van der Waals surface area (Å²) < 4.78 is 110. The summed E-state index contributed by atoms with van der Waals surface area (Å²) in [4.78, 5) is 0. The van der Waals surface area contributed by atoms with Gasteiger partial charge in [-0.25, -0.2) is 26.3 Å². The molecule has 4 nitrogen and oxygen atoms in total. The summed E-state index contributed by atoms with van der Waals surface area (Å²) in [6, 6.07) is 2.99. The summed E-state index contributed by atoms with van der Waals surface area (Å²) in [5.74, 6) is -14.0. The molecule has 0 saturated heterocycles. The van der Waals surface area contributed by atoms with Crippen molar-refractivity contribution in [3.8, 4) is 28.7 Å². The second kappa shape index (κ2) is 8.46. The van der Waals surface area contributed by atoms with Gasteiger partial charge in [-0.3, -0.25) is 0 Å². The monoisotopic (exact) mass is 490 g/mol. The minimum absolute atomic E-state index is 0.00420. The van der Waals surface area contributed by atoms with Gasteiger partial charge in [-0.15, -0.1) is 0 Å². The second-order valence-corrected chi connectivity index (χ2v) is 8.80. The van der Waals surface area contributed by atoms with Gasteiger partial charge in [0, 0.05) is 11.6 Å². The lowest BCUT2D eigenvalue weighted by Gasteiger charge is -2.37. The SMILES string of the molecule is CCC1c2c(ccc(F)c2Oc2cc(F)c(OC)c3c2OCC(F)(F)C3C(C)C)OCC1(F)F. The Balaban J connectivity index is 1.92. The van der Waals surface area contributed by atoms with E-state index >= 15 is 0 Å². The predicted molar refractivity (Wildman–Crippen MR) is 111 cm³/mol. The Morgan fingerprint density at radius 2 is 1.65 bits per heavy atom. The largest absolute Gasteiger partial charge is 0.493 e. The summed E-state index contributed by atoms with van der Waals surface area (Å²) in [6.07, 6.45) is -0.0591. The second-order valence-electron chi connectivity index (χ2n) is 8.80. The van der Waals surface area contributed by atoms with Crippen LogP contribution in [0.25, 0.3) is 0 Å². The van der Waals surface area contributed by atoms with Crippen LogP contribution >= 0.6 is 0 Å². The first-order chi connectivity index (χ1) is 15.9. The minimum Gasteiger partial charge on any atom is -0.493 e. The first kappa shape index (κ1) is 24.3. The zero-order chi connectivity index (χ0) is 25.0. The fourth-order valence-corrected chi connectivity index (χ4v) is 4.83. The molecule has 0 bridgehead atoms. The zero-order valence-electron chi connectivity index (χ0n) is 19.0. The number of benzene rings is 2. The van der Waals surface area contributed by atoms with E-state index in [-0.39, 0.29) is 29.0 Å². The Labute approximate surface area is 192 Å². The number of halogens is 6. The number of alkyl halides is 4. The summed E-state index contributed by atoms with van der Waals surface area (Å²) in [6.45, 7) is 2.68. The van der Waals surface area contributed by atoms with Crippen LogP contribution in [-0.4, -0.2) is 32.2 Å². The van der Waals surface area contributed by atoms with Crippen LogP contribution in [0.5, 0.6) is 28.7 Å². The number of hydrogen-bond acceptors (Lipinski definition) is 4. The van der Waals surface area contributed by atoms with Gasteiger partial charge in [0.05, 0.1) is 24.5 Å². The van der Waals surface area contributed by atoms with Gasteiger partial charge in [0.2, 0.25) is 0 Å². The molecule has 2 atom stereocenters. The van der Waals surface area contributed by atoms with E-state index in [1.54, 1.807) is 0 Å². The molecule has 0 aromatic heterocycles. The smallest absolute Gasteiger partial charge is 0.288 e. The van der Waals surface area contributed by atoms with E-state index in [1.165, 1.54) is 26.8 Å². The molecule has 2 aromatic rings. The van der Waals surface area contributed by atoms with Gasteiger partial charge >= 0.3 is 0 Å². The van der Waals surface area contributed by atoms with Gasteiger partial charge in [-0.05, 0) is 24.5 Å². The Morgan fingerprint density at radius 3 is 2.26 bits per heavy atom. The van der Waals surface area contributed by atoms with Gasteiger partial charge in [-0.2, -0.15) is 0 Å². The third-order valence-electron chi connectivity index (χ3n) is 6.24. The van der Waals surface area contributed by atoms with Crippen LogP contribution in [0.3, 0.4) is 0 Å². The van der Waals surface area contributed by atoms with Crippen molar-refractivity contribution >= 4 is 0 Å². The lowest BCUT2D eigenvalue weighted by Crippen LogP contribution is -2.40. The van der Waals surface area contributed by atoms with E-state index in [0.29, 0.717) is 0 Å². The maximum atomic E-state index is 15.0. The molecule has 2 aliphatic rings. The normalized spacial score (nSPS) is 22.3. The molecule has 4 rings (SSSR count). The Morgan fingerprint density at radius 1 is 0.971 bits per heavy atom. The molecule has 2 heterocycles. The van der Waals surface area contributed by atoms with Gasteiger partial charge in [0.25, 0.3) is 11.8 Å². The van der Waals surface area contributed by atoms with E-state index < -0.39 is 71.7 Å². The van der Waals surface area contributed by atoms with Crippen LogP contribution in [0.1, 0.15) is 50.2 Å². The average molecular weight is 490 g/mol. The van der Waals surface area contributed by atoms with Crippen LogP contribution in [0.2, 0.25) is 0 Å². The highest BCUT2D eigenvalue weighted by Gasteiger charge is 2.51. The maximum Gasteiger partial charge on any atom is 0.288 e. The summed E-state index contributed by atoms with van der Waals surface area (Å²) in [5.41, 5.74) is -0.479. The molecule has 0 aliphatic carbocycles. The highest BCUT2D eigenvalue weighted by Crippen LogP contribution is 2.56. The zero-order valence-corrected chi connectivity index (χ0v) is 19.0. The lowest BCUT2D eigenvalue weighted by molar-refractivity contribution is -0.0896. The van der Waals surface area contributed by atoms with Gasteiger partial charge in [-0.1, -0.05) is 20.8 Å². The predicted octanol–water partition coefficient (Wildman–Crippen LogP) is 7.05. The van der Waals surface area contributed by atoms with Crippen LogP contribution in [0.4, 0.5) is 26.3 Å². The summed E-state index contributed by atoms with van der Waals surface area (Å²) >= 11 is 0. The Kier molecular flexibility index (Phi) is 6.06.